The Morgan fingerprint density at radius 3 is 1.97 bits per heavy atom. The van der Waals surface area contributed by atoms with Crippen LogP contribution in [0, 0.1) is 0 Å². The van der Waals surface area contributed by atoms with Crippen LogP contribution in [0.3, 0.4) is 0 Å². The van der Waals surface area contributed by atoms with Crippen LogP contribution in [0.5, 0.6) is 0 Å². The van der Waals surface area contributed by atoms with Crippen LogP contribution in [-0.4, -0.2) is 44.5 Å². The number of rotatable bonds is 3. The Bertz CT molecular complexity index is 798. The van der Waals surface area contributed by atoms with Crippen molar-refractivity contribution in [2.75, 3.05) is 0 Å². The number of aliphatic carboxylic acids is 2. The molecule has 0 bridgehead atoms. The highest BCUT2D eigenvalue weighted by molar-refractivity contribution is 6.31. The van der Waals surface area contributed by atoms with E-state index in [1.807, 2.05) is 18.2 Å². The molecular weight excluding hydrogens is 436 g/mol. The number of aromatic amines is 1. The molecule has 1 aromatic carbocycles. The molecule has 0 saturated carbocycles. The molecule has 5 N–H and O–H groups in total. The lowest BCUT2D eigenvalue weighted by Crippen LogP contribution is -2.21. The molecule has 0 saturated heterocycles. The molecule has 164 valence electrons. The van der Waals surface area contributed by atoms with E-state index in [2.05, 4.69) is 16.9 Å². The molecule has 14 heteroatoms. The minimum Gasteiger partial charge on any atom is -0.475 e. The van der Waals surface area contributed by atoms with Crippen molar-refractivity contribution in [3.05, 3.63) is 29.0 Å². The van der Waals surface area contributed by atoms with Gasteiger partial charge in [-0.25, -0.2) is 14.6 Å². The zero-order valence-corrected chi connectivity index (χ0v) is 15.4. The second-order valence-electron chi connectivity index (χ2n) is 5.28. The number of carboxylic acid groups (broad SMARTS) is 2. The molecule has 0 fully saturated rings. The van der Waals surface area contributed by atoms with E-state index >= 15 is 0 Å². The first-order valence-electron chi connectivity index (χ1n) is 7.60. The summed E-state index contributed by atoms with van der Waals surface area (Å²) in [5.74, 6) is -4.67. The van der Waals surface area contributed by atoms with E-state index in [1.54, 1.807) is 0 Å². The number of H-pyrrole nitrogens is 1. The van der Waals surface area contributed by atoms with Crippen LogP contribution in [0.1, 0.15) is 31.6 Å². The maximum atomic E-state index is 10.6. The third-order valence-electron chi connectivity index (χ3n) is 2.90. The van der Waals surface area contributed by atoms with Crippen LogP contribution in [0.4, 0.5) is 26.3 Å². The Kier molecular flexibility index (Phi) is 9.90. The monoisotopic (exact) mass is 451 g/mol. The average Bonchev–Trinajstić information content (AvgIpc) is 2.97. The van der Waals surface area contributed by atoms with Crippen molar-refractivity contribution >= 4 is 34.6 Å². The van der Waals surface area contributed by atoms with E-state index in [9.17, 15) is 26.3 Å². The number of aromatic nitrogens is 2. The van der Waals surface area contributed by atoms with Gasteiger partial charge in [0.25, 0.3) is 0 Å². The fourth-order valence-electron chi connectivity index (χ4n) is 1.62. The SMILES string of the molecule is CCC[C@H](N)c1nc2ccc(Cl)cc2[nH]1.O=C(O)C(F)(F)F.O=C(O)C(F)(F)F. The van der Waals surface area contributed by atoms with Gasteiger partial charge in [-0.05, 0) is 24.6 Å². The summed E-state index contributed by atoms with van der Waals surface area (Å²) in [5, 5.41) is 15.0. The molecule has 0 aliphatic heterocycles. The van der Waals surface area contributed by atoms with Gasteiger partial charge in [0.05, 0.1) is 17.1 Å². The Labute approximate surface area is 164 Å². The van der Waals surface area contributed by atoms with Gasteiger partial charge in [0.2, 0.25) is 0 Å². The molecule has 0 radical (unpaired) electrons. The van der Waals surface area contributed by atoms with Crippen molar-refractivity contribution < 1.29 is 46.1 Å². The maximum absolute atomic E-state index is 10.6. The summed E-state index contributed by atoms with van der Waals surface area (Å²) >= 11 is 5.89. The molecular formula is C15H16ClF6N3O4. The minimum atomic E-state index is -5.08. The van der Waals surface area contributed by atoms with Crippen LogP contribution in [0.15, 0.2) is 18.2 Å². The van der Waals surface area contributed by atoms with E-state index in [4.69, 9.17) is 37.1 Å². The number of nitrogens with one attached hydrogen (secondary N) is 1. The van der Waals surface area contributed by atoms with E-state index < -0.39 is 24.3 Å². The first kappa shape index (κ1) is 26.5. The average molecular weight is 452 g/mol. The molecule has 0 amide bonds. The predicted octanol–water partition coefficient (Wildman–Crippen LogP) is 4.28. The van der Waals surface area contributed by atoms with Gasteiger partial charge in [0, 0.05) is 5.02 Å². The van der Waals surface area contributed by atoms with E-state index in [0.717, 1.165) is 29.7 Å². The fourth-order valence-corrected chi connectivity index (χ4v) is 1.80. The summed E-state index contributed by atoms with van der Waals surface area (Å²) in [7, 11) is 0. The van der Waals surface area contributed by atoms with Crippen LogP contribution in [0.25, 0.3) is 11.0 Å². The molecule has 0 spiro atoms. The van der Waals surface area contributed by atoms with Gasteiger partial charge in [-0.15, -0.1) is 0 Å². The first-order chi connectivity index (χ1) is 13.1. The van der Waals surface area contributed by atoms with Crippen molar-refractivity contribution in [3.63, 3.8) is 0 Å². The zero-order valence-electron chi connectivity index (χ0n) is 14.6. The van der Waals surface area contributed by atoms with Crippen molar-refractivity contribution in [2.24, 2.45) is 5.73 Å². The fraction of sp³-hybridized carbons (Fsp3) is 0.400. The quantitative estimate of drug-likeness (QED) is 0.515. The van der Waals surface area contributed by atoms with E-state index in [0.29, 0.717) is 5.02 Å². The Hall–Kier alpha value is -2.54. The number of carbonyl (C=O) groups is 2. The van der Waals surface area contributed by atoms with Crippen LogP contribution in [0.2, 0.25) is 5.02 Å². The van der Waals surface area contributed by atoms with Gasteiger partial charge in [-0.3, -0.25) is 0 Å². The lowest BCUT2D eigenvalue weighted by atomic mass is 10.2. The van der Waals surface area contributed by atoms with Crippen molar-refractivity contribution in [1.29, 1.82) is 0 Å². The number of alkyl halides is 6. The topological polar surface area (TPSA) is 129 Å². The maximum Gasteiger partial charge on any atom is 0.490 e. The summed E-state index contributed by atoms with van der Waals surface area (Å²) in [4.78, 5) is 25.4. The number of nitrogens with two attached hydrogens (primary N) is 1. The molecule has 29 heavy (non-hydrogen) atoms. The number of fused-ring (bicyclic) bond motifs is 1. The standard InChI is InChI=1S/C11H14ClN3.2C2HF3O2/c1-2-3-8(13)11-14-9-5-4-7(12)6-10(9)15-11;2*3-2(4,5)1(6)7/h4-6,8H,2-3,13H2,1H3,(H,14,15);2*(H,6,7)/t8-;;/m0../s1. The van der Waals surface area contributed by atoms with Gasteiger partial charge in [0.1, 0.15) is 5.82 Å². The number of halogens is 7. The Morgan fingerprint density at radius 2 is 1.59 bits per heavy atom. The second-order valence-corrected chi connectivity index (χ2v) is 5.72. The minimum absolute atomic E-state index is 0.0128. The largest absolute Gasteiger partial charge is 0.490 e. The Morgan fingerprint density at radius 1 is 1.14 bits per heavy atom. The molecule has 1 heterocycles. The van der Waals surface area contributed by atoms with Crippen molar-refractivity contribution in [3.8, 4) is 0 Å². The number of hydrogen-bond donors (Lipinski definition) is 4. The molecule has 0 aliphatic rings. The highest BCUT2D eigenvalue weighted by atomic mass is 35.5. The summed E-state index contributed by atoms with van der Waals surface area (Å²) in [6.45, 7) is 2.11. The summed E-state index contributed by atoms with van der Waals surface area (Å²) in [6.07, 6.45) is -8.17. The van der Waals surface area contributed by atoms with Crippen LogP contribution < -0.4 is 5.73 Å². The van der Waals surface area contributed by atoms with Crippen molar-refractivity contribution in [2.45, 2.75) is 38.2 Å². The number of benzene rings is 1. The van der Waals surface area contributed by atoms with E-state index in [1.165, 1.54) is 0 Å². The number of imidazole rings is 1. The Balaban J connectivity index is 0.000000473. The molecule has 2 rings (SSSR count). The number of carboxylic acids is 2. The number of hydrogen-bond acceptors (Lipinski definition) is 4. The van der Waals surface area contributed by atoms with Gasteiger partial charge in [0.15, 0.2) is 0 Å². The van der Waals surface area contributed by atoms with Crippen molar-refractivity contribution in [1.82, 2.24) is 9.97 Å². The van der Waals surface area contributed by atoms with Crippen LogP contribution in [-0.2, 0) is 9.59 Å². The van der Waals surface area contributed by atoms with Gasteiger partial charge >= 0.3 is 24.3 Å². The normalized spacial score (nSPS) is 12.3. The highest BCUT2D eigenvalue weighted by Crippen LogP contribution is 2.20. The lowest BCUT2D eigenvalue weighted by molar-refractivity contribution is -0.193. The number of nitrogens with zero attached hydrogens (tertiary/aromatic N) is 1. The summed E-state index contributed by atoms with van der Waals surface area (Å²) < 4.78 is 63.5. The van der Waals surface area contributed by atoms with E-state index in [-0.39, 0.29) is 6.04 Å². The first-order valence-corrected chi connectivity index (χ1v) is 7.98. The van der Waals surface area contributed by atoms with Gasteiger partial charge < -0.3 is 20.9 Å². The van der Waals surface area contributed by atoms with Gasteiger partial charge in [-0.2, -0.15) is 26.3 Å². The third kappa shape index (κ3) is 9.99. The predicted molar refractivity (Wildman–Crippen MR) is 90.3 cm³/mol. The highest BCUT2D eigenvalue weighted by Gasteiger charge is 2.38. The van der Waals surface area contributed by atoms with Crippen LogP contribution >= 0.6 is 11.6 Å². The molecule has 0 aliphatic carbocycles. The lowest BCUT2D eigenvalue weighted by Gasteiger charge is -2.04. The summed E-state index contributed by atoms with van der Waals surface area (Å²) in [6, 6.07) is 5.59. The summed E-state index contributed by atoms with van der Waals surface area (Å²) in [5.41, 5.74) is 7.85. The van der Waals surface area contributed by atoms with Gasteiger partial charge in [-0.1, -0.05) is 24.9 Å². The molecule has 7 nitrogen and oxygen atoms in total. The molecule has 1 aromatic heterocycles. The molecule has 0 unspecified atom stereocenters. The third-order valence-corrected chi connectivity index (χ3v) is 3.13. The zero-order chi connectivity index (χ0) is 23.0. The molecule has 2 aromatic rings. The smallest absolute Gasteiger partial charge is 0.475 e. The molecule has 1 atom stereocenters. The second kappa shape index (κ2) is 10.9.